The first kappa shape index (κ1) is 12.4. The lowest BCUT2D eigenvalue weighted by atomic mass is 9.84. The first-order valence-corrected chi connectivity index (χ1v) is 5.85. The maximum Gasteiger partial charge on any atom is 0.321 e. The number of H-pyrrole nitrogens is 1. The number of amides is 2. The Labute approximate surface area is 104 Å². The Morgan fingerprint density at radius 3 is 2.94 bits per heavy atom. The SMILES string of the molecule is CCC1(C(=O)O)CCN(C(=O)Nc2cn[nH]c2)C1. The zero-order valence-corrected chi connectivity index (χ0v) is 10.1. The highest BCUT2D eigenvalue weighted by Crippen LogP contribution is 2.34. The summed E-state index contributed by atoms with van der Waals surface area (Å²) in [5, 5.41) is 18.2. The molecule has 1 aromatic rings. The number of hydrogen-bond acceptors (Lipinski definition) is 3. The Morgan fingerprint density at radius 2 is 2.44 bits per heavy atom. The highest BCUT2D eigenvalue weighted by atomic mass is 16.4. The number of aromatic nitrogens is 2. The highest BCUT2D eigenvalue weighted by molar-refractivity contribution is 5.90. The van der Waals surface area contributed by atoms with Gasteiger partial charge in [-0.3, -0.25) is 9.89 Å². The van der Waals surface area contributed by atoms with Crippen molar-refractivity contribution in [2.24, 2.45) is 5.41 Å². The number of rotatable bonds is 3. The van der Waals surface area contributed by atoms with Crippen LogP contribution in [0.2, 0.25) is 0 Å². The minimum absolute atomic E-state index is 0.252. The molecular formula is C11H16N4O3. The number of nitrogens with zero attached hydrogens (tertiary/aromatic N) is 2. The van der Waals surface area contributed by atoms with Gasteiger partial charge in [0.15, 0.2) is 0 Å². The van der Waals surface area contributed by atoms with Crippen molar-refractivity contribution in [3.63, 3.8) is 0 Å². The lowest BCUT2D eigenvalue weighted by Crippen LogP contribution is -2.38. The van der Waals surface area contributed by atoms with Gasteiger partial charge in [0.1, 0.15) is 0 Å². The second-order valence-corrected chi connectivity index (χ2v) is 4.53. The molecule has 0 radical (unpaired) electrons. The van der Waals surface area contributed by atoms with Gasteiger partial charge in [-0.1, -0.05) is 6.92 Å². The van der Waals surface area contributed by atoms with E-state index in [-0.39, 0.29) is 12.6 Å². The number of carboxylic acid groups (broad SMARTS) is 1. The molecule has 2 amide bonds. The number of carbonyl (C=O) groups is 2. The van der Waals surface area contributed by atoms with Crippen molar-refractivity contribution in [3.05, 3.63) is 12.4 Å². The fourth-order valence-electron chi connectivity index (χ4n) is 2.18. The van der Waals surface area contributed by atoms with Crippen LogP contribution in [0.1, 0.15) is 19.8 Å². The van der Waals surface area contributed by atoms with Gasteiger partial charge in [0, 0.05) is 19.3 Å². The van der Waals surface area contributed by atoms with Crippen LogP contribution in [-0.2, 0) is 4.79 Å². The minimum atomic E-state index is -0.830. The number of nitrogens with one attached hydrogen (secondary N) is 2. The molecule has 1 saturated heterocycles. The fourth-order valence-corrected chi connectivity index (χ4v) is 2.18. The molecule has 0 spiro atoms. The van der Waals surface area contributed by atoms with Crippen molar-refractivity contribution in [3.8, 4) is 0 Å². The van der Waals surface area contributed by atoms with Gasteiger partial charge in [-0.15, -0.1) is 0 Å². The smallest absolute Gasteiger partial charge is 0.321 e. The summed E-state index contributed by atoms with van der Waals surface area (Å²) in [5.41, 5.74) is -0.224. The summed E-state index contributed by atoms with van der Waals surface area (Å²) in [6.07, 6.45) is 4.09. The van der Waals surface area contributed by atoms with Crippen LogP contribution >= 0.6 is 0 Å². The van der Waals surface area contributed by atoms with Crippen LogP contribution in [-0.4, -0.2) is 45.3 Å². The van der Waals surface area contributed by atoms with E-state index in [0.717, 1.165) is 0 Å². The zero-order valence-electron chi connectivity index (χ0n) is 10.1. The second kappa shape index (κ2) is 4.67. The first-order chi connectivity index (χ1) is 8.57. The number of carbonyl (C=O) groups excluding carboxylic acids is 1. The van der Waals surface area contributed by atoms with Gasteiger partial charge in [-0.25, -0.2) is 4.79 Å². The van der Waals surface area contributed by atoms with Gasteiger partial charge >= 0.3 is 12.0 Å². The van der Waals surface area contributed by atoms with Gasteiger partial charge in [-0.2, -0.15) is 5.10 Å². The predicted molar refractivity (Wildman–Crippen MR) is 64.2 cm³/mol. The number of urea groups is 1. The van der Waals surface area contributed by atoms with Crippen molar-refractivity contribution in [2.45, 2.75) is 19.8 Å². The molecule has 1 aliphatic heterocycles. The second-order valence-electron chi connectivity index (χ2n) is 4.53. The third kappa shape index (κ3) is 2.15. The molecule has 98 valence electrons. The van der Waals surface area contributed by atoms with E-state index in [1.54, 1.807) is 6.20 Å². The molecule has 0 aromatic carbocycles. The Kier molecular flexibility index (Phi) is 3.22. The number of aliphatic carboxylic acids is 1. The third-order valence-electron chi connectivity index (χ3n) is 3.52. The number of carboxylic acids is 1. The quantitative estimate of drug-likeness (QED) is 0.751. The van der Waals surface area contributed by atoms with E-state index >= 15 is 0 Å². The third-order valence-corrected chi connectivity index (χ3v) is 3.52. The van der Waals surface area contributed by atoms with Crippen LogP contribution in [0.4, 0.5) is 10.5 Å². The molecule has 2 rings (SSSR count). The first-order valence-electron chi connectivity index (χ1n) is 5.85. The molecule has 7 nitrogen and oxygen atoms in total. The molecule has 2 heterocycles. The molecule has 1 atom stereocenters. The lowest BCUT2D eigenvalue weighted by molar-refractivity contribution is -0.148. The molecule has 0 bridgehead atoms. The lowest BCUT2D eigenvalue weighted by Gasteiger charge is -2.23. The van der Waals surface area contributed by atoms with E-state index in [4.69, 9.17) is 0 Å². The van der Waals surface area contributed by atoms with E-state index in [9.17, 15) is 14.7 Å². The Balaban J connectivity index is 2.00. The summed E-state index contributed by atoms with van der Waals surface area (Å²) in [6.45, 7) is 2.55. The molecule has 0 aliphatic carbocycles. The summed E-state index contributed by atoms with van der Waals surface area (Å²) in [4.78, 5) is 24.7. The number of anilines is 1. The topological polar surface area (TPSA) is 98.3 Å². The Morgan fingerprint density at radius 1 is 1.67 bits per heavy atom. The van der Waals surface area contributed by atoms with Gasteiger partial charge in [0.25, 0.3) is 0 Å². The van der Waals surface area contributed by atoms with Crippen LogP contribution in [0.15, 0.2) is 12.4 Å². The van der Waals surface area contributed by atoms with Crippen LogP contribution in [0, 0.1) is 5.41 Å². The van der Waals surface area contributed by atoms with Crippen molar-refractivity contribution in [1.29, 1.82) is 0 Å². The normalized spacial score (nSPS) is 23.1. The van der Waals surface area contributed by atoms with E-state index in [2.05, 4.69) is 15.5 Å². The molecule has 0 saturated carbocycles. The van der Waals surface area contributed by atoms with E-state index in [1.165, 1.54) is 11.1 Å². The van der Waals surface area contributed by atoms with Crippen LogP contribution < -0.4 is 5.32 Å². The van der Waals surface area contributed by atoms with E-state index in [1.807, 2.05) is 6.92 Å². The Bertz CT molecular complexity index is 445. The molecule has 3 N–H and O–H groups in total. The summed E-state index contributed by atoms with van der Waals surface area (Å²) in [6, 6.07) is -0.284. The van der Waals surface area contributed by atoms with Crippen molar-refractivity contribution in [1.82, 2.24) is 15.1 Å². The molecular weight excluding hydrogens is 236 g/mol. The molecule has 1 aliphatic rings. The minimum Gasteiger partial charge on any atom is -0.481 e. The number of likely N-dealkylation sites (tertiary alicyclic amines) is 1. The predicted octanol–water partition coefficient (Wildman–Crippen LogP) is 1.13. The summed E-state index contributed by atoms with van der Waals surface area (Å²) in [7, 11) is 0. The average molecular weight is 252 g/mol. The van der Waals surface area contributed by atoms with Crippen LogP contribution in [0.25, 0.3) is 0 Å². The van der Waals surface area contributed by atoms with Crippen molar-refractivity contribution in [2.75, 3.05) is 18.4 Å². The van der Waals surface area contributed by atoms with Gasteiger partial charge < -0.3 is 15.3 Å². The fraction of sp³-hybridized carbons (Fsp3) is 0.545. The molecule has 1 fully saturated rings. The van der Waals surface area contributed by atoms with Gasteiger partial charge in [0.2, 0.25) is 0 Å². The van der Waals surface area contributed by atoms with Gasteiger partial charge in [0.05, 0.1) is 17.3 Å². The maximum atomic E-state index is 11.9. The number of hydrogen-bond donors (Lipinski definition) is 3. The van der Waals surface area contributed by atoms with E-state index in [0.29, 0.717) is 25.1 Å². The monoisotopic (exact) mass is 252 g/mol. The summed E-state index contributed by atoms with van der Waals surface area (Å²) < 4.78 is 0. The van der Waals surface area contributed by atoms with Crippen LogP contribution in [0.5, 0.6) is 0 Å². The maximum absolute atomic E-state index is 11.9. The largest absolute Gasteiger partial charge is 0.481 e. The summed E-state index contributed by atoms with van der Waals surface area (Å²) in [5.74, 6) is -0.830. The highest BCUT2D eigenvalue weighted by Gasteiger charge is 2.44. The molecule has 7 heteroatoms. The Hall–Kier alpha value is -2.05. The molecule has 18 heavy (non-hydrogen) atoms. The van der Waals surface area contributed by atoms with Crippen molar-refractivity contribution < 1.29 is 14.7 Å². The standard InChI is InChI=1S/C11H16N4O3/c1-2-11(9(16)17)3-4-15(7-11)10(18)14-8-5-12-13-6-8/h5-6H,2-4,7H2,1H3,(H,12,13)(H,14,18)(H,16,17). The molecule has 1 unspecified atom stereocenters. The van der Waals surface area contributed by atoms with Crippen LogP contribution in [0.3, 0.4) is 0 Å². The average Bonchev–Trinajstić information content (AvgIpc) is 2.97. The number of aromatic amines is 1. The van der Waals surface area contributed by atoms with E-state index < -0.39 is 11.4 Å². The molecule has 1 aromatic heterocycles. The zero-order chi connectivity index (χ0) is 13.2. The summed E-state index contributed by atoms with van der Waals surface area (Å²) >= 11 is 0. The van der Waals surface area contributed by atoms with Crippen molar-refractivity contribution >= 4 is 17.7 Å². The van der Waals surface area contributed by atoms with Gasteiger partial charge in [-0.05, 0) is 12.8 Å².